The van der Waals surface area contributed by atoms with Crippen LogP contribution in [0.2, 0.25) is 0 Å². The molecule has 1 rings (SSSR count). The van der Waals surface area contributed by atoms with Crippen LogP contribution in [0.5, 0.6) is 0 Å². The van der Waals surface area contributed by atoms with Gasteiger partial charge >= 0.3 is 12.0 Å². The number of aliphatic carboxylic acids is 1. The van der Waals surface area contributed by atoms with Crippen molar-refractivity contribution in [2.75, 3.05) is 32.8 Å². The van der Waals surface area contributed by atoms with Crippen molar-refractivity contribution in [3.63, 3.8) is 0 Å². The van der Waals surface area contributed by atoms with E-state index in [2.05, 4.69) is 12.2 Å². The Bertz CT molecular complexity index is 257. The molecule has 16 heavy (non-hydrogen) atoms. The van der Waals surface area contributed by atoms with Crippen LogP contribution in [0.15, 0.2) is 0 Å². The average Bonchev–Trinajstić information content (AvgIpc) is 2.63. The number of hydrogen-bond donors (Lipinski definition) is 2. The standard InChI is InChI=1S/C10H18N2O4/c1-8-2-4-12(6-8)10(15)11-3-5-16-7-9(13)14/h8H,2-7H2,1H3,(H,11,15)(H,13,14). The van der Waals surface area contributed by atoms with Gasteiger partial charge in [0, 0.05) is 19.6 Å². The zero-order chi connectivity index (χ0) is 12.0. The Hall–Kier alpha value is -1.30. The predicted molar refractivity (Wildman–Crippen MR) is 57.2 cm³/mol. The number of carbonyl (C=O) groups excluding carboxylic acids is 1. The van der Waals surface area contributed by atoms with E-state index < -0.39 is 5.97 Å². The smallest absolute Gasteiger partial charge is 0.329 e. The minimum atomic E-state index is -1.00. The number of carboxylic acids is 1. The van der Waals surface area contributed by atoms with Crippen LogP contribution in [0.25, 0.3) is 0 Å². The first-order valence-electron chi connectivity index (χ1n) is 5.42. The highest BCUT2D eigenvalue weighted by atomic mass is 16.5. The first kappa shape index (κ1) is 12.8. The highest BCUT2D eigenvalue weighted by Crippen LogP contribution is 2.14. The molecule has 0 aliphatic carbocycles. The summed E-state index contributed by atoms with van der Waals surface area (Å²) in [6, 6.07) is -0.0942. The first-order valence-corrected chi connectivity index (χ1v) is 5.42. The first-order chi connectivity index (χ1) is 7.59. The maximum atomic E-state index is 11.5. The minimum Gasteiger partial charge on any atom is -0.480 e. The Balaban J connectivity index is 2.04. The van der Waals surface area contributed by atoms with Crippen molar-refractivity contribution in [3.05, 3.63) is 0 Å². The summed E-state index contributed by atoms with van der Waals surface area (Å²) in [7, 11) is 0. The van der Waals surface area contributed by atoms with Gasteiger partial charge in [-0.25, -0.2) is 9.59 Å². The third kappa shape index (κ3) is 4.48. The Morgan fingerprint density at radius 1 is 1.56 bits per heavy atom. The van der Waals surface area contributed by atoms with Crippen LogP contribution < -0.4 is 5.32 Å². The van der Waals surface area contributed by atoms with Crippen LogP contribution in [0.3, 0.4) is 0 Å². The normalized spacial score (nSPS) is 19.8. The molecule has 0 aromatic rings. The molecule has 1 aliphatic heterocycles. The van der Waals surface area contributed by atoms with Crippen LogP contribution in [-0.2, 0) is 9.53 Å². The van der Waals surface area contributed by atoms with Gasteiger partial charge in [0.05, 0.1) is 6.61 Å². The second-order valence-corrected chi connectivity index (χ2v) is 4.02. The highest BCUT2D eigenvalue weighted by Gasteiger charge is 2.22. The molecule has 0 spiro atoms. The molecule has 1 saturated heterocycles. The molecule has 6 nitrogen and oxygen atoms in total. The molecule has 6 heteroatoms. The van der Waals surface area contributed by atoms with E-state index >= 15 is 0 Å². The van der Waals surface area contributed by atoms with Crippen molar-refractivity contribution in [2.45, 2.75) is 13.3 Å². The van der Waals surface area contributed by atoms with Crippen LogP contribution in [-0.4, -0.2) is 54.9 Å². The van der Waals surface area contributed by atoms with Crippen LogP contribution in [0.4, 0.5) is 4.79 Å². The molecule has 0 bridgehead atoms. The number of nitrogens with one attached hydrogen (secondary N) is 1. The van der Waals surface area contributed by atoms with Crippen LogP contribution in [0.1, 0.15) is 13.3 Å². The number of likely N-dealkylation sites (tertiary alicyclic amines) is 1. The Morgan fingerprint density at radius 3 is 2.88 bits per heavy atom. The molecule has 92 valence electrons. The molecule has 1 aliphatic rings. The monoisotopic (exact) mass is 230 g/mol. The van der Waals surface area contributed by atoms with Gasteiger partial charge < -0.3 is 20.1 Å². The third-order valence-electron chi connectivity index (χ3n) is 2.46. The molecule has 1 heterocycles. The van der Waals surface area contributed by atoms with E-state index in [1.165, 1.54) is 0 Å². The SMILES string of the molecule is CC1CCN(C(=O)NCCOCC(=O)O)C1. The summed E-state index contributed by atoms with van der Waals surface area (Å²) >= 11 is 0. The maximum Gasteiger partial charge on any atom is 0.329 e. The van der Waals surface area contributed by atoms with E-state index in [0.717, 1.165) is 19.5 Å². The van der Waals surface area contributed by atoms with Crippen molar-refractivity contribution in [3.8, 4) is 0 Å². The minimum absolute atomic E-state index is 0.0942. The van der Waals surface area contributed by atoms with Crippen molar-refractivity contribution in [1.29, 1.82) is 0 Å². The van der Waals surface area contributed by atoms with E-state index in [-0.39, 0.29) is 19.2 Å². The summed E-state index contributed by atoms with van der Waals surface area (Å²) in [6.45, 7) is 3.95. The average molecular weight is 230 g/mol. The second-order valence-electron chi connectivity index (χ2n) is 4.02. The summed E-state index contributed by atoms with van der Waals surface area (Å²) in [5.74, 6) is -0.436. The fourth-order valence-electron chi connectivity index (χ4n) is 1.62. The van der Waals surface area contributed by atoms with Gasteiger partial charge in [0.2, 0.25) is 0 Å². The summed E-state index contributed by atoms with van der Waals surface area (Å²) < 4.78 is 4.80. The topological polar surface area (TPSA) is 78.9 Å². The number of hydrogen-bond acceptors (Lipinski definition) is 3. The van der Waals surface area contributed by atoms with Gasteiger partial charge in [0.1, 0.15) is 6.61 Å². The van der Waals surface area contributed by atoms with E-state index in [0.29, 0.717) is 12.5 Å². The van der Waals surface area contributed by atoms with Crippen LogP contribution >= 0.6 is 0 Å². The van der Waals surface area contributed by atoms with Gasteiger partial charge in [0.25, 0.3) is 0 Å². The summed E-state index contributed by atoms with van der Waals surface area (Å²) in [5.41, 5.74) is 0. The van der Waals surface area contributed by atoms with Gasteiger partial charge in [0.15, 0.2) is 0 Å². The van der Waals surface area contributed by atoms with Gasteiger partial charge in [-0.15, -0.1) is 0 Å². The maximum absolute atomic E-state index is 11.5. The van der Waals surface area contributed by atoms with Crippen LogP contribution in [0, 0.1) is 5.92 Å². The van der Waals surface area contributed by atoms with E-state index in [1.807, 2.05) is 0 Å². The summed E-state index contributed by atoms with van der Waals surface area (Å²) in [5, 5.41) is 11.0. The number of nitrogens with zero attached hydrogens (tertiary/aromatic N) is 1. The number of rotatable bonds is 5. The molecule has 0 radical (unpaired) electrons. The quantitative estimate of drug-likeness (QED) is 0.658. The highest BCUT2D eigenvalue weighted by molar-refractivity contribution is 5.74. The Kier molecular flexibility index (Phi) is 5.04. The van der Waals surface area contributed by atoms with Crippen molar-refractivity contribution < 1.29 is 19.4 Å². The second kappa shape index (κ2) is 6.32. The Morgan fingerprint density at radius 2 is 2.31 bits per heavy atom. The molecule has 0 aromatic carbocycles. The number of carbonyl (C=O) groups is 2. The number of carboxylic acid groups (broad SMARTS) is 1. The molecule has 1 unspecified atom stereocenters. The van der Waals surface area contributed by atoms with Gasteiger partial charge in [-0.2, -0.15) is 0 Å². The zero-order valence-electron chi connectivity index (χ0n) is 9.44. The molecule has 2 amide bonds. The number of ether oxygens (including phenoxy) is 1. The van der Waals surface area contributed by atoms with E-state index in [4.69, 9.17) is 9.84 Å². The largest absolute Gasteiger partial charge is 0.480 e. The molecule has 0 saturated carbocycles. The van der Waals surface area contributed by atoms with Crippen molar-refractivity contribution in [2.24, 2.45) is 5.92 Å². The molecule has 0 aromatic heterocycles. The molecular formula is C10H18N2O4. The lowest BCUT2D eigenvalue weighted by molar-refractivity contribution is -0.142. The lowest BCUT2D eigenvalue weighted by Crippen LogP contribution is -2.39. The van der Waals surface area contributed by atoms with E-state index in [9.17, 15) is 9.59 Å². The molecule has 2 N–H and O–H groups in total. The predicted octanol–water partition coefficient (Wildman–Crippen LogP) is 0.139. The summed E-state index contributed by atoms with van der Waals surface area (Å²) in [6.07, 6.45) is 1.04. The molecule has 1 fully saturated rings. The van der Waals surface area contributed by atoms with Gasteiger partial charge in [-0.05, 0) is 12.3 Å². The van der Waals surface area contributed by atoms with Gasteiger partial charge in [-0.3, -0.25) is 0 Å². The Labute approximate surface area is 94.6 Å². The summed E-state index contributed by atoms with van der Waals surface area (Å²) in [4.78, 5) is 23.4. The molecular weight excluding hydrogens is 212 g/mol. The lowest BCUT2D eigenvalue weighted by Gasteiger charge is -2.16. The fourth-order valence-corrected chi connectivity index (χ4v) is 1.62. The van der Waals surface area contributed by atoms with Crippen molar-refractivity contribution >= 4 is 12.0 Å². The fraction of sp³-hybridized carbons (Fsp3) is 0.800. The van der Waals surface area contributed by atoms with E-state index in [1.54, 1.807) is 4.90 Å². The third-order valence-corrected chi connectivity index (χ3v) is 2.46. The lowest BCUT2D eigenvalue weighted by atomic mass is 10.2. The zero-order valence-corrected chi connectivity index (χ0v) is 9.44. The molecule has 1 atom stereocenters. The van der Waals surface area contributed by atoms with Gasteiger partial charge in [-0.1, -0.05) is 6.92 Å². The number of urea groups is 1. The van der Waals surface area contributed by atoms with Crippen molar-refractivity contribution in [1.82, 2.24) is 10.2 Å². The number of amides is 2.